The molecule has 3 rings (SSSR count). The zero-order valence-corrected chi connectivity index (χ0v) is 35.1. The van der Waals surface area contributed by atoms with Gasteiger partial charge >= 0.3 is 11.9 Å². The van der Waals surface area contributed by atoms with Crippen molar-refractivity contribution in [2.24, 2.45) is 0 Å². The lowest BCUT2D eigenvalue weighted by Gasteiger charge is -2.44. The number of esters is 2. The number of carbonyl (C=O) groups is 2. The number of hydrogen-bond donors (Lipinski definition) is 10. The standard InChI is InChI=1S/C45H64O17/c1-3-5-6-7-8-9-14-19-30(49)20-15-12-17-22-36(54)60-44-40(57)43(37-28(25-46)23-31(50)24-32(37)51)59-34(26-47)42(44)62-45-39(56)38(55)41(61-45)33(52)27-58-35(53)21-16-11-10-13-18-29(48)4-2/h8-12,14-17,19,21-24,29-30,33-34,38-52,55-57H,3-7,13,18,20,25-27H2,1-2H3. The smallest absolute Gasteiger partial charge is 0.331 e. The molecule has 2 aliphatic heterocycles. The Balaban J connectivity index is 1.74. The molecule has 1 aromatic carbocycles. The third-order valence-corrected chi connectivity index (χ3v) is 10.1. The molecule has 17 nitrogen and oxygen atoms in total. The Morgan fingerprint density at radius 3 is 2.19 bits per heavy atom. The van der Waals surface area contributed by atoms with Crippen molar-refractivity contribution in [2.45, 2.75) is 145 Å². The topological polar surface area (TPSA) is 283 Å². The number of unbranched alkanes of at least 4 members (excludes halogenated alkanes) is 3. The van der Waals surface area contributed by atoms with Crippen LogP contribution in [-0.4, -0.2) is 144 Å². The van der Waals surface area contributed by atoms with Crippen LogP contribution in [0.3, 0.4) is 0 Å². The van der Waals surface area contributed by atoms with E-state index in [1.54, 1.807) is 30.4 Å². The van der Waals surface area contributed by atoms with Gasteiger partial charge in [-0.25, -0.2) is 9.59 Å². The first kappa shape index (κ1) is 52.1. The summed E-state index contributed by atoms with van der Waals surface area (Å²) in [5.41, 5.74) is -0.264. The molecule has 2 fully saturated rings. The van der Waals surface area contributed by atoms with Gasteiger partial charge in [0, 0.05) is 23.8 Å². The van der Waals surface area contributed by atoms with E-state index in [4.69, 9.17) is 23.7 Å². The zero-order chi connectivity index (χ0) is 45.6. The van der Waals surface area contributed by atoms with Gasteiger partial charge in [0.25, 0.3) is 0 Å². The van der Waals surface area contributed by atoms with Gasteiger partial charge < -0.3 is 74.7 Å². The van der Waals surface area contributed by atoms with Gasteiger partial charge in [-0.3, -0.25) is 0 Å². The van der Waals surface area contributed by atoms with Crippen molar-refractivity contribution in [2.75, 3.05) is 13.2 Å². The predicted octanol–water partition coefficient (Wildman–Crippen LogP) is 2.25. The maximum Gasteiger partial charge on any atom is 0.331 e. The molecule has 2 heterocycles. The summed E-state index contributed by atoms with van der Waals surface area (Å²) in [6.07, 6.45) is 6.51. The molecule has 0 bridgehead atoms. The van der Waals surface area contributed by atoms with Gasteiger partial charge in [-0.05, 0) is 50.2 Å². The summed E-state index contributed by atoms with van der Waals surface area (Å²) in [7, 11) is 0. The Bertz CT molecular complexity index is 1690. The monoisotopic (exact) mass is 876 g/mol. The highest BCUT2D eigenvalue weighted by Gasteiger charge is 2.54. The van der Waals surface area contributed by atoms with Crippen LogP contribution in [-0.2, 0) is 39.9 Å². The van der Waals surface area contributed by atoms with Crippen molar-refractivity contribution in [3.8, 4) is 11.5 Å². The number of aliphatic hydroxyl groups excluding tert-OH is 8. The number of aliphatic hydroxyl groups is 8. The largest absolute Gasteiger partial charge is 0.508 e. The lowest BCUT2D eigenvalue weighted by Crippen LogP contribution is -2.59. The molecule has 0 aromatic heterocycles. The second-order valence-corrected chi connectivity index (χ2v) is 14.9. The van der Waals surface area contributed by atoms with Crippen LogP contribution in [0.2, 0.25) is 0 Å². The van der Waals surface area contributed by atoms with E-state index in [1.807, 2.05) is 19.1 Å². The van der Waals surface area contributed by atoms with Crippen LogP contribution >= 0.6 is 0 Å². The summed E-state index contributed by atoms with van der Waals surface area (Å²) >= 11 is 0. The molecule has 2 aliphatic rings. The molecular weight excluding hydrogens is 812 g/mol. The highest BCUT2D eigenvalue weighted by Crippen LogP contribution is 2.42. The van der Waals surface area contributed by atoms with Gasteiger partial charge in [0.1, 0.15) is 66.9 Å². The first-order chi connectivity index (χ1) is 29.8. The minimum absolute atomic E-state index is 0.0666. The molecule has 0 radical (unpaired) electrons. The van der Waals surface area contributed by atoms with E-state index in [0.717, 1.165) is 50.0 Å². The van der Waals surface area contributed by atoms with Gasteiger partial charge in [0.2, 0.25) is 0 Å². The number of aromatic hydroxyl groups is 2. The molecule has 2 saturated heterocycles. The van der Waals surface area contributed by atoms with Crippen molar-refractivity contribution in [1.29, 1.82) is 0 Å². The fourth-order valence-electron chi connectivity index (χ4n) is 6.68. The number of carbonyl (C=O) groups excluding carboxylic acids is 2. The number of ether oxygens (including phenoxy) is 5. The number of phenolic OH excluding ortho intramolecular Hbond substituents is 2. The normalized spacial score (nSPS) is 27.4. The number of allylic oxidation sites excluding steroid dienone is 8. The summed E-state index contributed by atoms with van der Waals surface area (Å²) in [5, 5.41) is 105. The Morgan fingerprint density at radius 2 is 1.50 bits per heavy atom. The van der Waals surface area contributed by atoms with Crippen LogP contribution in [0.4, 0.5) is 0 Å². The first-order valence-electron chi connectivity index (χ1n) is 20.9. The third kappa shape index (κ3) is 16.5. The fraction of sp³-hybridized carbons (Fsp3) is 0.556. The van der Waals surface area contributed by atoms with Crippen molar-refractivity contribution in [1.82, 2.24) is 0 Å². The minimum Gasteiger partial charge on any atom is -0.508 e. The fourth-order valence-corrected chi connectivity index (χ4v) is 6.68. The molecule has 10 N–H and O–H groups in total. The first-order valence-corrected chi connectivity index (χ1v) is 20.9. The van der Waals surface area contributed by atoms with E-state index in [-0.39, 0.29) is 17.5 Å². The molecule has 17 heteroatoms. The minimum atomic E-state index is -1.91. The molecule has 12 unspecified atom stereocenters. The van der Waals surface area contributed by atoms with Crippen LogP contribution in [0.25, 0.3) is 0 Å². The van der Waals surface area contributed by atoms with E-state index < -0.39 is 117 Å². The van der Waals surface area contributed by atoms with E-state index in [0.29, 0.717) is 19.3 Å². The van der Waals surface area contributed by atoms with E-state index >= 15 is 0 Å². The van der Waals surface area contributed by atoms with Crippen molar-refractivity contribution in [3.05, 3.63) is 96.2 Å². The molecule has 0 saturated carbocycles. The van der Waals surface area contributed by atoms with Gasteiger partial charge in [-0.1, -0.05) is 87.4 Å². The molecule has 0 amide bonds. The van der Waals surface area contributed by atoms with Crippen LogP contribution in [0.1, 0.15) is 82.4 Å². The van der Waals surface area contributed by atoms with Crippen LogP contribution in [0.15, 0.2) is 85.0 Å². The maximum absolute atomic E-state index is 13.2. The van der Waals surface area contributed by atoms with E-state index in [2.05, 4.69) is 6.92 Å². The second kappa shape index (κ2) is 27.7. The molecule has 12 atom stereocenters. The molecular formula is C45H64O17. The molecule has 62 heavy (non-hydrogen) atoms. The summed E-state index contributed by atoms with van der Waals surface area (Å²) in [6.45, 7) is 1.73. The Morgan fingerprint density at radius 1 is 0.806 bits per heavy atom. The van der Waals surface area contributed by atoms with Crippen molar-refractivity contribution in [3.63, 3.8) is 0 Å². The van der Waals surface area contributed by atoms with Crippen molar-refractivity contribution < 1.29 is 84.3 Å². The maximum atomic E-state index is 13.2. The summed E-state index contributed by atoms with van der Waals surface area (Å²) in [6, 6.07) is 2.04. The number of benzene rings is 1. The van der Waals surface area contributed by atoms with E-state index in [1.165, 1.54) is 18.2 Å². The third-order valence-electron chi connectivity index (χ3n) is 10.1. The summed E-state index contributed by atoms with van der Waals surface area (Å²) in [4.78, 5) is 25.4. The number of rotatable bonds is 25. The lowest BCUT2D eigenvalue weighted by molar-refractivity contribution is -0.294. The van der Waals surface area contributed by atoms with Crippen LogP contribution in [0, 0.1) is 0 Å². The van der Waals surface area contributed by atoms with Gasteiger partial charge in [0.05, 0.1) is 25.4 Å². The van der Waals surface area contributed by atoms with Crippen LogP contribution < -0.4 is 0 Å². The van der Waals surface area contributed by atoms with Gasteiger partial charge in [-0.15, -0.1) is 0 Å². The van der Waals surface area contributed by atoms with Gasteiger partial charge in [-0.2, -0.15) is 0 Å². The SMILES string of the molecule is CCCCCC=CC=CC(O)CC=CC=CC(=O)OC1C(O)C(c2c(O)cc(O)cc2CO)OC(CO)C1OC1OC(C(O)COC(=O)C=CC=CCCC(O)CC)C(O)C1O. The highest BCUT2D eigenvalue weighted by molar-refractivity contribution is 5.82. The summed E-state index contributed by atoms with van der Waals surface area (Å²) < 4.78 is 28.2. The predicted molar refractivity (Wildman–Crippen MR) is 224 cm³/mol. The molecule has 0 spiro atoms. The Kier molecular flexibility index (Phi) is 23.3. The Labute approximate surface area is 361 Å². The van der Waals surface area contributed by atoms with E-state index in [9.17, 15) is 60.7 Å². The highest BCUT2D eigenvalue weighted by atomic mass is 16.7. The van der Waals surface area contributed by atoms with Crippen molar-refractivity contribution >= 4 is 11.9 Å². The van der Waals surface area contributed by atoms with Crippen LogP contribution in [0.5, 0.6) is 11.5 Å². The second-order valence-electron chi connectivity index (χ2n) is 14.9. The molecule has 1 aromatic rings. The average Bonchev–Trinajstić information content (AvgIpc) is 3.53. The molecule has 0 aliphatic carbocycles. The van der Waals surface area contributed by atoms with Gasteiger partial charge in [0.15, 0.2) is 12.4 Å². The lowest BCUT2D eigenvalue weighted by atomic mass is 9.88. The number of phenols is 2. The average molecular weight is 877 g/mol. The zero-order valence-electron chi connectivity index (χ0n) is 35.1. The summed E-state index contributed by atoms with van der Waals surface area (Å²) in [5.74, 6) is -2.88. The molecule has 346 valence electrons. The quantitative estimate of drug-likeness (QED) is 0.0292. The Hall–Kier alpha value is -4.24. The number of hydrogen-bond acceptors (Lipinski definition) is 17.